The molecule has 1 rings (SSSR count). The van der Waals surface area contributed by atoms with Gasteiger partial charge >= 0.3 is 0 Å². The lowest BCUT2D eigenvalue weighted by atomic mass is 10.4. The second-order valence-corrected chi connectivity index (χ2v) is 3.24. The monoisotopic (exact) mass is 164 g/mol. The van der Waals surface area contributed by atoms with Gasteiger partial charge in [-0.05, 0) is 13.0 Å². The molecule has 0 spiro atoms. The Morgan fingerprint density at radius 2 is 2.20 bits per heavy atom. The number of nitrogens with zero attached hydrogens (tertiary/aromatic N) is 1. The fraction of sp³-hybridized carbons (Fsp3) is 1.00. The van der Waals surface area contributed by atoms with E-state index in [9.17, 15) is 4.21 Å². The molecule has 1 unspecified atom stereocenters. The van der Waals surface area contributed by atoms with Gasteiger partial charge in [-0.15, -0.1) is 0 Å². The molecule has 60 valence electrons. The van der Waals surface area contributed by atoms with Gasteiger partial charge in [-0.2, -0.15) is 4.31 Å². The smallest absolute Gasteiger partial charge is 0.234 e. The fourth-order valence-corrected chi connectivity index (χ4v) is 1.51. The van der Waals surface area contributed by atoms with Gasteiger partial charge in [-0.1, -0.05) is 0 Å². The van der Waals surface area contributed by atoms with Crippen molar-refractivity contribution in [2.24, 2.45) is 0 Å². The molecule has 1 saturated heterocycles. The molecular formula is C5H12N2O2S. The molecule has 4 nitrogen and oxygen atoms in total. The first kappa shape index (κ1) is 8.13. The van der Waals surface area contributed by atoms with Crippen LogP contribution in [-0.4, -0.2) is 39.2 Å². The van der Waals surface area contributed by atoms with Crippen molar-refractivity contribution < 1.29 is 8.76 Å². The van der Waals surface area contributed by atoms with E-state index >= 15 is 0 Å². The molecule has 0 aromatic rings. The van der Waals surface area contributed by atoms with E-state index in [-0.39, 0.29) is 0 Å². The van der Waals surface area contributed by atoms with E-state index in [0.29, 0.717) is 6.54 Å². The highest BCUT2D eigenvalue weighted by molar-refractivity contribution is 7.76. The van der Waals surface area contributed by atoms with Gasteiger partial charge in [0, 0.05) is 19.6 Å². The standard InChI is InChI=1S/C5H12N2O2S/c8-10(9)7-4-1-2-6-3-5-7/h6H,1-5H2,(H,8,9). The van der Waals surface area contributed by atoms with Crippen LogP contribution in [0.25, 0.3) is 0 Å². The second kappa shape index (κ2) is 4.02. The van der Waals surface area contributed by atoms with Gasteiger partial charge in [0.05, 0.1) is 0 Å². The van der Waals surface area contributed by atoms with E-state index < -0.39 is 11.3 Å². The minimum absolute atomic E-state index is 0.670. The van der Waals surface area contributed by atoms with Crippen molar-refractivity contribution in [1.82, 2.24) is 9.62 Å². The highest BCUT2D eigenvalue weighted by Gasteiger charge is 2.11. The molecule has 0 aromatic carbocycles. The summed E-state index contributed by atoms with van der Waals surface area (Å²) < 4.78 is 20.7. The summed E-state index contributed by atoms with van der Waals surface area (Å²) in [5.74, 6) is 0. The first-order chi connectivity index (χ1) is 4.80. The lowest BCUT2D eigenvalue weighted by Gasteiger charge is -2.12. The Kier molecular flexibility index (Phi) is 3.27. The van der Waals surface area contributed by atoms with Gasteiger partial charge in [0.15, 0.2) is 0 Å². The first-order valence-electron chi connectivity index (χ1n) is 3.37. The summed E-state index contributed by atoms with van der Waals surface area (Å²) in [4.78, 5) is 0. The zero-order valence-electron chi connectivity index (χ0n) is 5.75. The quantitative estimate of drug-likeness (QED) is 0.510. The summed E-state index contributed by atoms with van der Waals surface area (Å²) in [6.45, 7) is 3.15. The predicted molar refractivity (Wildman–Crippen MR) is 39.8 cm³/mol. The predicted octanol–water partition coefficient (Wildman–Crippen LogP) is -0.582. The highest BCUT2D eigenvalue weighted by atomic mass is 32.2. The average Bonchev–Trinajstić information content (AvgIpc) is 2.12. The van der Waals surface area contributed by atoms with Crippen molar-refractivity contribution in [1.29, 1.82) is 0 Å². The Morgan fingerprint density at radius 3 is 2.90 bits per heavy atom. The molecule has 1 fully saturated rings. The minimum atomic E-state index is -1.77. The molecule has 0 bridgehead atoms. The van der Waals surface area contributed by atoms with Crippen LogP contribution < -0.4 is 5.32 Å². The SMILES string of the molecule is O=S(O)N1CCCNCC1. The van der Waals surface area contributed by atoms with Gasteiger partial charge < -0.3 is 5.32 Å². The number of nitrogens with one attached hydrogen (secondary N) is 1. The Bertz CT molecular complexity index is 123. The van der Waals surface area contributed by atoms with Crippen LogP contribution in [0.2, 0.25) is 0 Å². The van der Waals surface area contributed by atoms with Gasteiger partial charge in [-0.3, -0.25) is 4.55 Å². The van der Waals surface area contributed by atoms with Crippen molar-refractivity contribution in [3.05, 3.63) is 0 Å². The number of hydrogen-bond acceptors (Lipinski definition) is 2. The topological polar surface area (TPSA) is 52.6 Å². The lowest BCUT2D eigenvalue weighted by Crippen LogP contribution is -2.29. The molecule has 1 heterocycles. The molecule has 5 heteroatoms. The summed E-state index contributed by atoms with van der Waals surface area (Å²) in [6.07, 6.45) is 0.951. The van der Waals surface area contributed by atoms with Crippen molar-refractivity contribution in [3.8, 4) is 0 Å². The van der Waals surface area contributed by atoms with Crippen LogP contribution >= 0.6 is 0 Å². The molecule has 0 aromatic heterocycles. The van der Waals surface area contributed by atoms with Crippen LogP contribution in [0.4, 0.5) is 0 Å². The number of rotatable bonds is 1. The van der Waals surface area contributed by atoms with Crippen molar-refractivity contribution >= 4 is 11.3 Å². The minimum Gasteiger partial charge on any atom is -0.315 e. The molecule has 10 heavy (non-hydrogen) atoms. The van der Waals surface area contributed by atoms with Crippen molar-refractivity contribution in [2.45, 2.75) is 6.42 Å². The average molecular weight is 164 g/mol. The van der Waals surface area contributed by atoms with Gasteiger partial charge in [0.2, 0.25) is 11.3 Å². The zero-order valence-corrected chi connectivity index (χ0v) is 6.56. The molecule has 0 aliphatic carbocycles. The summed E-state index contributed by atoms with van der Waals surface area (Å²) in [5.41, 5.74) is 0. The maximum absolute atomic E-state index is 10.5. The Morgan fingerprint density at radius 1 is 1.40 bits per heavy atom. The molecule has 1 aliphatic heterocycles. The third-order valence-electron chi connectivity index (χ3n) is 1.52. The third kappa shape index (κ3) is 2.34. The third-order valence-corrected chi connectivity index (χ3v) is 2.33. The lowest BCUT2D eigenvalue weighted by molar-refractivity contribution is 0.415. The van der Waals surface area contributed by atoms with E-state index in [0.717, 1.165) is 26.1 Å². The Labute approximate surface area is 63.0 Å². The molecule has 0 saturated carbocycles. The van der Waals surface area contributed by atoms with E-state index in [4.69, 9.17) is 4.55 Å². The normalized spacial score (nSPS) is 25.7. The van der Waals surface area contributed by atoms with Crippen LogP contribution in [-0.2, 0) is 11.3 Å². The van der Waals surface area contributed by atoms with Crippen LogP contribution in [0.15, 0.2) is 0 Å². The Hall–Kier alpha value is 0.0300. The maximum Gasteiger partial charge on any atom is 0.234 e. The van der Waals surface area contributed by atoms with Crippen molar-refractivity contribution in [3.63, 3.8) is 0 Å². The van der Waals surface area contributed by atoms with Crippen molar-refractivity contribution in [2.75, 3.05) is 26.2 Å². The number of hydrogen-bond donors (Lipinski definition) is 2. The van der Waals surface area contributed by atoms with Gasteiger partial charge in [-0.25, -0.2) is 4.21 Å². The van der Waals surface area contributed by atoms with Crippen LogP contribution in [0.3, 0.4) is 0 Å². The largest absolute Gasteiger partial charge is 0.315 e. The van der Waals surface area contributed by atoms with Crippen LogP contribution in [0.5, 0.6) is 0 Å². The second-order valence-electron chi connectivity index (χ2n) is 2.26. The highest BCUT2D eigenvalue weighted by Crippen LogP contribution is 1.96. The summed E-state index contributed by atoms with van der Waals surface area (Å²) in [5, 5.41) is 3.14. The molecule has 1 atom stereocenters. The summed E-state index contributed by atoms with van der Waals surface area (Å²) >= 11 is -1.77. The van der Waals surface area contributed by atoms with E-state index in [2.05, 4.69) is 5.32 Å². The molecule has 0 radical (unpaired) electrons. The molecule has 1 aliphatic rings. The first-order valence-corrected chi connectivity index (χ1v) is 4.44. The molecule has 0 amide bonds. The zero-order chi connectivity index (χ0) is 7.40. The van der Waals surface area contributed by atoms with Crippen LogP contribution in [0, 0.1) is 0 Å². The van der Waals surface area contributed by atoms with E-state index in [1.54, 1.807) is 4.31 Å². The Balaban J connectivity index is 2.35. The summed E-state index contributed by atoms with van der Waals surface area (Å²) in [7, 11) is 0. The molecule has 2 N–H and O–H groups in total. The van der Waals surface area contributed by atoms with Crippen LogP contribution in [0.1, 0.15) is 6.42 Å². The van der Waals surface area contributed by atoms with Gasteiger partial charge in [0.25, 0.3) is 0 Å². The maximum atomic E-state index is 10.5. The summed E-state index contributed by atoms with van der Waals surface area (Å²) in [6, 6.07) is 0. The van der Waals surface area contributed by atoms with E-state index in [1.165, 1.54) is 0 Å². The molecular weight excluding hydrogens is 152 g/mol. The van der Waals surface area contributed by atoms with E-state index in [1.807, 2.05) is 0 Å². The van der Waals surface area contributed by atoms with Gasteiger partial charge in [0.1, 0.15) is 0 Å². The fourth-order valence-electron chi connectivity index (χ4n) is 0.977.